The van der Waals surface area contributed by atoms with E-state index in [1.54, 1.807) is 38.1 Å². The third-order valence-corrected chi connectivity index (χ3v) is 5.91. The molecular weight excluding hydrogens is 382 g/mol. The van der Waals surface area contributed by atoms with Gasteiger partial charge in [-0.1, -0.05) is 12.1 Å². The highest BCUT2D eigenvalue weighted by atomic mass is 32.2. The van der Waals surface area contributed by atoms with E-state index < -0.39 is 21.8 Å². The molecule has 0 saturated carbocycles. The molecule has 0 aromatic heterocycles. The van der Waals surface area contributed by atoms with Crippen molar-refractivity contribution in [2.24, 2.45) is 0 Å². The molecule has 9 heteroatoms. The normalized spacial score (nSPS) is 13.7. The van der Waals surface area contributed by atoms with E-state index in [-0.39, 0.29) is 28.8 Å². The second kappa shape index (κ2) is 7.51. The Morgan fingerprint density at radius 1 is 1.21 bits per heavy atom. The van der Waals surface area contributed by atoms with Gasteiger partial charge < -0.3 is 15.4 Å². The number of amides is 2. The van der Waals surface area contributed by atoms with Gasteiger partial charge in [0.1, 0.15) is 12.3 Å². The summed E-state index contributed by atoms with van der Waals surface area (Å²) in [6, 6.07) is 10.6. The van der Waals surface area contributed by atoms with E-state index in [1.807, 2.05) is 0 Å². The fourth-order valence-electron chi connectivity index (χ4n) is 2.91. The van der Waals surface area contributed by atoms with Crippen molar-refractivity contribution in [1.82, 2.24) is 5.32 Å². The number of methoxy groups -OCH3 is 1. The monoisotopic (exact) mass is 403 g/mol. The summed E-state index contributed by atoms with van der Waals surface area (Å²) in [5.41, 5.74) is 0.881. The lowest BCUT2D eigenvalue weighted by Gasteiger charge is -2.30. The van der Waals surface area contributed by atoms with E-state index in [2.05, 4.69) is 10.6 Å². The lowest BCUT2D eigenvalue weighted by Crippen LogP contribution is -2.42. The first-order chi connectivity index (χ1) is 13.2. The Bertz CT molecular complexity index is 1030. The first-order valence-corrected chi connectivity index (χ1v) is 10.1. The third-order valence-electron chi connectivity index (χ3n) is 4.16. The Kier molecular flexibility index (Phi) is 5.28. The minimum atomic E-state index is -4.08. The zero-order valence-corrected chi connectivity index (χ0v) is 16.5. The van der Waals surface area contributed by atoms with Gasteiger partial charge in [0, 0.05) is 6.04 Å². The second-order valence-electron chi connectivity index (χ2n) is 6.57. The van der Waals surface area contributed by atoms with Crippen molar-refractivity contribution in [2.45, 2.75) is 24.8 Å². The van der Waals surface area contributed by atoms with Crippen molar-refractivity contribution in [3.63, 3.8) is 0 Å². The number of anilines is 2. The molecule has 0 fully saturated rings. The van der Waals surface area contributed by atoms with Gasteiger partial charge in [0.25, 0.3) is 15.9 Å². The average Bonchev–Trinajstić information content (AvgIpc) is 2.66. The number of rotatable bonds is 5. The van der Waals surface area contributed by atoms with Crippen molar-refractivity contribution < 1.29 is 22.7 Å². The molecular formula is C19H21N3O5S. The maximum Gasteiger partial charge on any atom is 0.264 e. The minimum Gasteiger partial charge on any atom is -0.496 e. The van der Waals surface area contributed by atoms with E-state index in [1.165, 1.54) is 25.3 Å². The minimum absolute atomic E-state index is 0.104. The number of fused-ring (bicyclic) bond motifs is 1. The zero-order chi connectivity index (χ0) is 20.5. The molecule has 0 aliphatic carbocycles. The standard InChI is InChI=1S/C19H21N3O5S/c1-12(2)20-19(24)14-10-13(8-9-17(14)27-3)28(25,26)22-11-18(23)21-15-6-4-5-7-16(15)22/h4-10,12H,11H2,1-3H3,(H,20,24)(H,21,23). The van der Waals surface area contributed by atoms with E-state index in [0.29, 0.717) is 11.4 Å². The SMILES string of the molecule is COc1ccc(S(=O)(=O)N2CC(=O)Nc3ccccc32)cc1C(=O)NC(C)C. The van der Waals surface area contributed by atoms with Crippen molar-refractivity contribution in [3.8, 4) is 5.75 Å². The molecule has 0 saturated heterocycles. The van der Waals surface area contributed by atoms with Crippen LogP contribution >= 0.6 is 0 Å². The Balaban J connectivity index is 2.08. The van der Waals surface area contributed by atoms with Crippen molar-refractivity contribution in [3.05, 3.63) is 48.0 Å². The molecule has 1 aliphatic rings. The van der Waals surface area contributed by atoms with Gasteiger partial charge in [-0.2, -0.15) is 0 Å². The number of nitrogens with zero attached hydrogens (tertiary/aromatic N) is 1. The molecule has 2 N–H and O–H groups in total. The summed E-state index contributed by atoms with van der Waals surface area (Å²) >= 11 is 0. The fourth-order valence-corrected chi connectivity index (χ4v) is 4.38. The van der Waals surface area contributed by atoms with Gasteiger partial charge in [0.15, 0.2) is 0 Å². The molecule has 3 rings (SSSR count). The van der Waals surface area contributed by atoms with Gasteiger partial charge in [-0.15, -0.1) is 0 Å². The predicted molar refractivity (Wildman–Crippen MR) is 105 cm³/mol. The largest absolute Gasteiger partial charge is 0.496 e. The molecule has 1 aliphatic heterocycles. The summed E-state index contributed by atoms with van der Waals surface area (Å²) in [6.07, 6.45) is 0. The number of nitrogens with one attached hydrogen (secondary N) is 2. The summed E-state index contributed by atoms with van der Waals surface area (Å²) in [5.74, 6) is -0.622. The highest BCUT2D eigenvalue weighted by Gasteiger charge is 2.33. The highest BCUT2D eigenvalue weighted by molar-refractivity contribution is 7.92. The average molecular weight is 403 g/mol. The van der Waals surface area contributed by atoms with Crippen molar-refractivity contribution in [2.75, 3.05) is 23.3 Å². The van der Waals surface area contributed by atoms with Crippen LogP contribution in [0.1, 0.15) is 24.2 Å². The Morgan fingerprint density at radius 2 is 1.93 bits per heavy atom. The smallest absolute Gasteiger partial charge is 0.264 e. The predicted octanol–water partition coefficient (Wildman–Crippen LogP) is 1.98. The molecule has 0 radical (unpaired) electrons. The third kappa shape index (κ3) is 3.65. The summed E-state index contributed by atoms with van der Waals surface area (Å²) in [6.45, 7) is 3.25. The van der Waals surface area contributed by atoms with Crippen LogP contribution in [-0.2, 0) is 14.8 Å². The van der Waals surface area contributed by atoms with Gasteiger partial charge in [-0.3, -0.25) is 13.9 Å². The molecule has 2 amide bonds. The molecule has 0 atom stereocenters. The van der Waals surface area contributed by atoms with E-state index in [4.69, 9.17) is 4.74 Å². The van der Waals surface area contributed by atoms with Crippen LogP contribution < -0.4 is 19.7 Å². The van der Waals surface area contributed by atoms with E-state index in [0.717, 1.165) is 4.31 Å². The van der Waals surface area contributed by atoms with Crippen LogP contribution in [0.2, 0.25) is 0 Å². The van der Waals surface area contributed by atoms with Crippen molar-refractivity contribution in [1.29, 1.82) is 0 Å². The van der Waals surface area contributed by atoms with Crippen LogP contribution in [0.25, 0.3) is 0 Å². The molecule has 0 bridgehead atoms. The lowest BCUT2D eigenvalue weighted by molar-refractivity contribution is -0.115. The number of ether oxygens (including phenoxy) is 1. The number of hydrogen-bond acceptors (Lipinski definition) is 5. The van der Waals surface area contributed by atoms with Gasteiger partial charge in [-0.25, -0.2) is 8.42 Å². The summed E-state index contributed by atoms with van der Waals surface area (Å²) in [5, 5.41) is 5.38. The summed E-state index contributed by atoms with van der Waals surface area (Å²) < 4.78 is 32.8. The number of carbonyl (C=O) groups is 2. The molecule has 0 spiro atoms. The quantitative estimate of drug-likeness (QED) is 0.794. The molecule has 148 valence electrons. The number of para-hydroxylation sites is 2. The van der Waals surface area contributed by atoms with Crippen molar-refractivity contribution >= 4 is 33.2 Å². The maximum absolute atomic E-state index is 13.3. The number of sulfonamides is 1. The fraction of sp³-hybridized carbons (Fsp3) is 0.263. The molecule has 2 aromatic carbocycles. The first-order valence-electron chi connectivity index (χ1n) is 8.64. The van der Waals surface area contributed by atoms with Crippen LogP contribution in [0.5, 0.6) is 5.75 Å². The van der Waals surface area contributed by atoms with E-state index in [9.17, 15) is 18.0 Å². The highest BCUT2D eigenvalue weighted by Crippen LogP contribution is 2.34. The summed E-state index contributed by atoms with van der Waals surface area (Å²) in [4.78, 5) is 24.4. The van der Waals surface area contributed by atoms with E-state index >= 15 is 0 Å². The van der Waals surface area contributed by atoms with Gasteiger partial charge in [0.2, 0.25) is 5.91 Å². The topological polar surface area (TPSA) is 105 Å². The zero-order valence-electron chi connectivity index (χ0n) is 15.7. The molecule has 0 unspecified atom stereocenters. The number of carbonyl (C=O) groups excluding carboxylic acids is 2. The van der Waals surface area contributed by atoms with Crippen LogP contribution in [0.4, 0.5) is 11.4 Å². The Hall–Kier alpha value is -3.07. The molecule has 2 aromatic rings. The van der Waals surface area contributed by atoms with Crippen LogP contribution in [0, 0.1) is 0 Å². The van der Waals surface area contributed by atoms with Crippen LogP contribution in [-0.4, -0.2) is 39.9 Å². The van der Waals surface area contributed by atoms with Crippen LogP contribution in [0.3, 0.4) is 0 Å². The molecule has 8 nitrogen and oxygen atoms in total. The Labute approximate surface area is 163 Å². The maximum atomic E-state index is 13.3. The lowest BCUT2D eigenvalue weighted by atomic mass is 10.2. The van der Waals surface area contributed by atoms with Gasteiger partial charge >= 0.3 is 0 Å². The van der Waals surface area contributed by atoms with Gasteiger partial charge in [-0.05, 0) is 44.2 Å². The second-order valence-corrected chi connectivity index (χ2v) is 8.43. The van der Waals surface area contributed by atoms with Crippen LogP contribution in [0.15, 0.2) is 47.4 Å². The molecule has 28 heavy (non-hydrogen) atoms. The number of benzene rings is 2. The molecule has 1 heterocycles. The van der Waals surface area contributed by atoms with Gasteiger partial charge in [0.05, 0.1) is 28.9 Å². The summed E-state index contributed by atoms with van der Waals surface area (Å²) in [7, 11) is -2.68. The first kappa shape index (κ1) is 19.7. The Morgan fingerprint density at radius 3 is 2.61 bits per heavy atom. The number of hydrogen-bond donors (Lipinski definition) is 2.